The standard InChI is InChI=1S/C10H17N3O5/c1-18-3-2-7(9(15)16)13-10(17)12-6-4-8(14)11-5-6/h6-7H,2-5H2,1H3,(H,11,14)(H,15,16)(H2,12,13,17). The van der Waals surface area contributed by atoms with Crippen LogP contribution in [-0.2, 0) is 14.3 Å². The van der Waals surface area contributed by atoms with Crippen LogP contribution in [0.25, 0.3) is 0 Å². The summed E-state index contributed by atoms with van der Waals surface area (Å²) in [6.07, 6.45) is 0.393. The number of carbonyl (C=O) groups excluding carboxylic acids is 2. The fourth-order valence-electron chi connectivity index (χ4n) is 1.59. The molecule has 2 atom stereocenters. The summed E-state index contributed by atoms with van der Waals surface area (Å²) in [5.74, 6) is -1.25. The molecule has 1 heterocycles. The van der Waals surface area contributed by atoms with Gasteiger partial charge in [-0.2, -0.15) is 0 Å². The van der Waals surface area contributed by atoms with E-state index in [4.69, 9.17) is 9.84 Å². The van der Waals surface area contributed by atoms with Crippen molar-refractivity contribution in [2.75, 3.05) is 20.3 Å². The number of amides is 3. The van der Waals surface area contributed by atoms with E-state index in [1.807, 2.05) is 0 Å². The second-order valence-corrected chi connectivity index (χ2v) is 4.00. The van der Waals surface area contributed by atoms with Gasteiger partial charge in [0.25, 0.3) is 0 Å². The van der Waals surface area contributed by atoms with E-state index < -0.39 is 18.0 Å². The van der Waals surface area contributed by atoms with E-state index in [1.54, 1.807) is 0 Å². The molecule has 4 N–H and O–H groups in total. The number of methoxy groups -OCH3 is 1. The number of carboxylic acids is 1. The Hall–Kier alpha value is -1.83. The van der Waals surface area contributed by atoms with Crippen molar-refractivity contribution in [2.24, 2.45) is 0 Å². The van der Waals surface area contributed by atoms with Gasteiger partial charge in [0.2, 0.25) is 5.91 Å². The minimum atomic E-state index is -1.12. The number of ether oxygens (including phenoxy) is 1. The van der Waals surface area contributed by atoms with Crippen LogP contribution in [0.15, 0.2) is 0 Å². The zero-order valence-corrected chi connectivity index (χ0v) is 10.1. The molecule has 1 saturated heterocycles. The third kappa shape index (κ3) is 4.58. The summed E-state index contributed by atoms with van der Waals surface area (Å²) in [6, 6.07) is -1.90. The van der Waals surface area contributed by atoms with Crippen LogP contribution in [0.3, 0.4) is 0 Å². The second-order valence-electron chi connectivity index (χ2n) is 4.00. The maximum Gasteiger partial charge on any atom is 0.326 e. The van der Waals surface area contributed by atoms with Crippen molar-refractivity contribution in [3.05, 3.63) is 0 Å². The van der Waals surface area contributed by atoms with Gasteiger partial charge in [0.05, 0.1) is 6.04 Å². The van der Waals surface area contributed by atoms with Crippen LogP contribution >= 0.6 is 0 Å². The number of rotatable bonds is 6. The fourth-order valence-corrected chi connectivity index (χ4v) is 1.59. The smallest absolute Gasteiger partial charge is 0.326 e. The van der Waals surface area contributed by atoms with Crippen LogP contribution in [0.5, 0.6) is 0 Å². The van der Waals surface area contributed by atoms with E-state index in [0.29, 0.717) is 6.54 Å². The van der Waals surface area contributed by atoms with Gasteiger partial charge in [-0.05, 0) is 0 Å². The Morgan fingerprint density at radius 1 is 1.61 bits per heavy atom. The van der Waals surface area contributed by atoms with Gasteiger partial charge in [-0.3, -0.25) is 4.79 Å². The van der Waals surface area contributed by atoms with Crippen LogP contribution in [0.2, 0.25) is 0 Å². The molecule has 8 nitrogen and oxygen atoms in total. The van der Waals surface area contributed by atoms with Gasteiger partial charge in [0, 0.05) is 33.1 Å². The lowest BCUT2D eigenvalue weighted by molar-refractivity contribution is -0.139. The minimum Gasteiger partial charge on any atom is -0.480 e. The van der Waals surface area contributed by atoms with E-state index in [0.717, 1.165) is 0 Å². The molecule has 2 unspecified atom stereocenters. The van der Waals surface area contributed by atoms with Gasteiger partial charge in [0.1, 0.15) is 6.04 Å². The van der Waals surface area contributed by atoms with E-state index in [-0.39, 0.29) is 31.4 Å². The fraction of sp³-hybridized carbons (Fsp3) is 0.700. The van der Waals surface area contributed by atoms with E-state index in [2.05, 4.69) is 16.0 Å². The lowest BCUT2D eigenvalue weighted by Crippen LogP contribution is -2.49. The molecule has 0 aromatic carbocycles. The molecule has 0 spiro atoms. The number of hydrogen-bond acceptors (Lipinski definition) is 4. The van der Waals surface area contributed by atoms with Crippen molar-refractivity contribution in [3.63, 3.8) is 0 Å². The Kier molecular flexibility index (Phi) is 5.37. The number of nitrogens with one attached hydrogen (secondary N) is 3. The summed E-state index contributed by atoms with van der Waals surface area (Å²) < 4.78 is 4.76. The van der Waals surface area contributed by atoms with E-state index in [9.17, 15) is 14.4 Å². The number of urea groups is 1. The van der Waals surface area contributed by atoms with Crippen molar-refractivity contribution < 1.29 is 24.2 Å². The summed E-state index contributed by atoms with van der Waals surface area (Å²) in [5, 5.41) is 16.3. The SMILES string of the molecule is COCCC(NC(=O)NC1CNC(=O)C1)C(=O)O. The number of hydrogen-bond donors (Lipinski definition) is 4. The van der Waals surface area contributed by atoms with E-state index in [1.165, 1.54) is 7.11 Å². The van der Waals surface area contributed by atoms with Gasteiger partial charge in [-0.15, -0.1) is 0 Å². The summed E-state index contributed by atoms with van der Waals surface area (Å²) in [7, 11) is 1.45. The summed E-state index contributed by atoms with van der Waals surface area (Å²) >= 11 is 0. The molecule has 1 aliphatic heterocycles. The van der Waals surface area contributed by atoms with E-state index >= 15 is 0 Å². The molecule has 1 aliphatic rings. The summed E-state index contributed by atoms with van der Waals surface area (Å²) in [5.41, 5.74) is 0. The Bertz CT molecular complexity index is 333. The molecule has 8 heteroatoms. The van der Waals surface area contributed by atoms with Gasteiger partial charge in [-0.1, -0.05) is 0 Å². The molecule has 0 aromatic rings. The first-order valence-corrected chi connectivity index (χ1v) is 5.58. The normalized spacial score (nSPS) is 20.1. The maximum atomic E-state index is 11.5. The highest BCUT2D eigenvalue weighted by molar-refractivity contribution is 5.84. The molecule has 0 radical (unpaired) electrons. The van der Waals surface area contributed by atoms with Crippen molar-refractivity contribution in [3.8, 4) is 0 Å². The first-order chi connectivity index (χ1) is 8.52. The molecule has 102 valence electrons. The van der Waals surface area contributed by atoms with Crippen LogP contribution in [0, 0.1) is 0 Å². The zero-order valence-electron chi connectivity index (χ0n) is 10.1. The largest absolute Gasteiger partial charge is 0.480 e. The zero-order chi connectivity index (χ0) is 13.5. The third-order valence-electron chi connectivity index (χ3n) is 2.53. The number of aliphatic carboxylic acids is 1. The topological polar surface area (TPSA) is 117 Å². The van der Waals surface area contributed by atoms with Crippen molar-refractivity contribution in [1.29, 1.82) is 0 Å². The molecule has 0 aliphatic carbocycles. The first kappa shape index (κ1) is 14.2. The molecule has 0 bridgehead atoms. The molecule has 3 amide bonds. The highest BCUT2D eigenvalue weighted by Crippen LogP contribution is 1.99. The molecule has 0 saturated carbocycles. The van der Waals surface area contributed by atoms with Gasteiger partial charge in [-0.25, -0.2) is 9.59 Å². The second kappa shape index (κ2) is 6.80. The van der Waals surface area contributed by atoms with Crippen molar-refractivity contribution in [1.82, 2.24) is 16.0 Å². The van der Waals surface area contributed by atoms with Crippen LogP contribution in [-0.4, -0.2) is 55.4 Å². The lowest BCUT2D eigenvalue weighted by atomic mass is 10.2. The quantitative estimate of drug-likeness (QED) is 0.471. The highest BCUT2D eigenvalue weighted by Gasteiger charge is 2.25. The average molecular weight is 259 g/mol. The Labute approximate surface area is 104 Å². The summed E-state index contributed by atoms with van der Waals surface area (Å²) in [6.45, 7) is 0.600. The van der Waals surface area contributed by atoms with Gasteiger partial charge >= 0.3 is 12.0 Å². The molecule has 0 aromatic heterocycles. The first-order valence-electron chi connectivity index (χ1n) is 5.58. The van der Waals surface area contributed by atoms with Crippen molar-refractivity contribution >= 4 is 17.9 Å². The van der Waals surface area contributed by atoms with Crippen LogP contribution in [0.1, 0.15) is 12.8 Å². The maximum absolute atomic E-state index is 11.5. The monoisotopic (exact) mass is 259 g/mol. The number of carboxylic acid groups (broad SMARTS) is 1. The van der Waals surface area contributed by atoms with Gasteiger partial charge in [0.15, 0.2) is 0 Å². The van der Waals surface area contributed by atoms with Gasteiger partial charge < -0.3 is 25.8 Å². The summed E-state index contributed by atoms with van der Waals surface area (Å²) in [4.78, 5) is 33.3. The Morgan fingerprint density at radius 3 is 2.83 bits per heavy atom. The van der Waals surface area contributed by atoms with Crippen molar-refractivity contribution in [2.45, 2.75) is 24.9 Å². The highest BCUT2D eigenvalue weighted by atomic mass is 16.5. The molecule has 1 fully saturated rings. The third-order valence-corrected chi connectivity index (χ3v) is 2.53. The van der Waals surface area contributed by atoms with Crippen LogP contribution < -0.4 is 16.0 Å². The molecule has 1 rings (SSSR count). The molecular formula is C10H17N3O5. The molecular weight excluding hydrogens is 242 g/mol. The predicted molar refractivity (Wildman–Crippen MR) is 61.0 cm³/mol. The van der Waals surface area contributed by atoms with Crippen LogP contribution in [0.4, 0.5) is 4.79 Å². The Balaban J connectivity index is 2.36. The number of carbonyl (C=O) groups is 3. The Morgan fingerprint density at radius 2 is 2.33 bits per heavy atom. The predicted octanol–water partition coefficient (Wildman–Crippen LogP) is -1.34. The molecule has 18 heavy (non-hydrogen) atoms. The lowest BCUT2D eigenvalue weighted by Gasteiger charge is -2.16. The minimum absolute atomic E-state index is 0.130. The average Bonchev–Trinajstić information content (AvgIpc) is 2.69.